The molecule has 1 aliphatic heterocycles. The van der Waals surface area contributed by atoms with E-state index in [0.29, 0.717) is 12.6 Å². The van der Waals surface area contributed by atoms with Crippen LogP contribution in [0.15, 0.2) is 24.3 Å². The maximum atomic E-state index is 5.23. The number of para-hydroxylation sites is 1. The Morgan fingerprint density at radius 3 is 3.06 bits per heavy atom. The number of hydrogen-bond donors (Lipinski definition) is 2. The zero-order valence-corrected chi connectivity index (χ0v) is 10.5. The van der Waals surface area contributed by atoms with Crippen molar-refractivity contribution < 1.29 is 4.74 Å². The fourth-order valence-electron chi connectivity index (χ4n) is 2.33. The van der Waals surface area contributed by atoms with Crippen molar-refractivity contribution in [3.63, 3.8) is 0 Å². The number of benzene rings is 1. The summed E-state index contributed by atoms with van der Waals surface area (Å²) in [5, 5.41) is 7.09. The van der Waals surface area contributed by atoms with Gasteiger partial charge in [0, 0.05) is 24.4 Å². The van der Waals surface area contributed by atoms with Crippen molar-refractivity contribution in [3.05, 3.63) is 29.8 Å². The predicted octanol–water partition coefficient (Wildman–Crippen LogP) is 2.39. The van der Waals surface area contributed by atoms with Crippen molar-refractivity contribution in [2.75, 3.05) is 25.5 Å². The van der Waals surface area contributed by atoms with Gasteiger partial charge in [0.2, 0.25) is 0 Å². The Morgan fingerprint density at radius 1 is 1.29 bits per heavy atom. The number of rotatable bonds is 4. The average Bonchev–Trinajstić information content (AvgIpc) is 2.61. The largest absolute Gasteiger partial charge is 0.382 e. The Labute approximate surface area is 104 Å². The van der Waals surface area contributed by atoms with Crippen LogP contribution in [0.4, 0.5) is 5.69 Å². The Balaban J connectivity index is 2.00. The summed E-state index contributed by atoms with van der Waals surface area (Å²) in [7, 11) is 1.74. The first kappa shape index (κ1) is 12.4. The molecule has 94 valence electrons. The number of anilines is 1. The summed E-state index contributed by atoms with van der Waals surface area (Å²) in [5.74, 6) is 0. The van der Waals surface area contributed by atoms with Gasteiger partial charge in [0.05, 0.1) is 6.61 Å². The van der Waals surface area contributed by atoms with E-state index in [1.807, 2.05) is 0 Å². The maximum absolute atomic E-state index is 5.23. The van der Waals surface area contributed by atoms with E-state index in [1.54, 1.807) is 7.11 Å². The molecule has 0 amide bonds. The summed E-state index contributed by atoms with van der Waals surface area (Å²) in [6, 6.07) is 9.00. The summed E-state index contributed by atoms with van der Waals surface area (Å²) in [6.07, 6.45) is 3.69. The molecular weight excluding hydrogens is 212 g/mol. The summed E-state index contributed by atoms with van der Waals surface area (Å²) in [5.41, 5.74) is 2.47. The van der Waals surface area contributed by atoms with Gasteiger partial charge in [0.1, 0.15) is 0 Å². The first-order valence-electron chi connectivity index (χ1n) is 6.44. The first-order chi connectivity index (χ1) is 8.40. The van der Waals surface area contributed by atoms with Crippen LogP contribution in [0, 0.1) is 0 Å². The van der Waals surface area contributed by atoms with E-state index < -0.39 is 0 Å². The van der Waals surface area contributed by atoms with Gasteiger partial charge in [-0.1, -0.05) is 18.2 Å². The Morgan fingerprint density at radius 2 is 2.18 bits per heavy atom. The average molecular weight is 234 g/mol. The quantitative estimate of drug-likeness (QED) is 0.839. The van der Waals surface area contributed by atoms with Crippen LogP contribution in [0.3, 0.4) is 0 Å². The molecule has 1 aliphatic rings. The molecule has 1 aromatic carbocycles. The lowest BCUT2D eigenvalue weighted by molar-refractivity contribution is 0.185. The molecular formula is C14H22N2O. The van der Waals surface area contributed by atoms with Gasteiger partial charge in [-0.15, -0.1) is 0 Å². The van der Waals surface area contributed by atoms with E-state index >= 15 is 0 Å². The second-order valence-corrected chi connectivity index (χ2v) is 4.61. The normalized spacial score (nSPS) is 20.9. The van der Waals surface area contributed by atoms with E-state index in [4.69, 9.17) is 4.74 Å². The number of ether oxygens (including phenoxy) is 1. The molecule has 2 N–H and O–H groups in total. The van der Waals surface area contributed by atoms with Crippen LogP contribution in [0.1, 0.15) is 24.8 Å². The second-order valence-electron chi connectivity index (χ2n) is 4.61. The van der Waals surface area contributed by atoms with Gasteiger partial charge in [-0.3, -0.25) is 0 Å². The van der Waals surface area contributed by atoms with Crippen LogP contribution in [0.25, 0.3) is 0 Å². The summed E-state index contributed by atoms with van der Waals surface area (Å²) < 4.78 is 5.23. The summed E-state index contributed by atoms with van der Waals surface area (Å²) in [6.45, 7) is 2.94. The molecule has 1 unspecified atom stereocenters. The maximum Gasteiger partial charge on any atom is 0.0733 e. The van der Waals surface area contributed by atoms with Crippen molar-refractivity contribution >= 4 is 5.69 Å². The minimum Gasteiger partial charge on any atom is -0.382 e. The van der Waals surface area contributed by atoms with Gasteiger partial charge in [0.15, 0.2) is 0 Å². The molecule has 0 radical (unpaired) electrons. The molecule has 1 saturated heterocycles. The highest BCUT2D eigenvalue weighted by molar-refractivity contribution is 5.51. The highest BCUT2D eigenvalue weighted by Gasteiger charge is 2.12. The van der Waals surface area contributed by atoms with Gasteiger partial charge in [-0.25, -0.2) is 0 Å². The molecule has 1 heterocycles. The fourth-order valence-corrected chi connectivity index (χ4v) is 2.33. The smallest absolute Gasteiger partial charge is 0.0733 e. The van der Waals surface area contributed by atoms with Gasteiger partial charge in [0.25, 0.3) is 0 Å². The molecule has 0 aromatic heterocycles. The Bertz CT molecular complexity index is 333. The molecule has 1 aromatic rings. The van der Waals surface area contributed by atoms with Crippen molar-refractivity contribution in [3.8, 4) is 0 Å². The number of hydrogen-bond acceptors (Lipinski definition) is 3. The van der Waals surface area contributed by atoms with Crippen LogP contribution in [0.5, 0.6) is 0 Å². The topological polar surface area (TPSA) is 33.3 Å². The van der Waals surface area contributed by atoms with E-state index in [9.17, 15) is 0 Å². The van der Waals surface area contributed by atoms with Gasteiger partial charge in [-0.2, -0.15) is 0 Å². The summed E-state index contributed by atoms with van der Waals surface area (Å²) >= 11 is 0. The Hall–Kier alpha value is -1.06. The lowest BCUT2D eigenvalue weighted by atomic mass is 10.1. The minimum absolute atomic E-state index is 0.586. The SMILES string of the molecule is COCc1ccccc1NC1CCCNCC1. The molecule has 3 heteroatoms. The third-order valence-electron chi connectivity index (χ3n) is 3.25. The zero-order valence-electron chi connectivity index (χ0n) is 10.5. The molecule has 1 fully saturated rings. The fraction of sp³-hybridized carbons (Fsp3) is 0.571. The third-order valence-corrected chi connectivity index (χ3v) is 3.25. The molecule has 3 nitrogen and oxygen atoms in total. The van der Waals surface area contributed by atoms with Crippen LogP contribution >= 0.6 is 0 Å². The molecule has 0 spiro atoms. The van der Waals surface area contributed by atoms with Crippen molar-refractivity contribution in [2.45, 2.75) is 31.9 Å². The van der Waals surface area contributed by atoms with Gasteiger partial charge in [-0.05, 0) is 38.4 Å². The molecule has 2 rings (SSSR count). The van der Waals surface area contributed by atoms with Gasteiger partial charge >= 0.3 is 0 Å². The lowest BCUT2D eigenvalue weighted by Gasteiger charge is -2.19. The zero-order chi connectivity index (χ0) is 11.9. The van der Waals surface area contributed by atoms with Crippen molar-refractivity contribution in [1.82, 2.24) is 5.32 Å². The van der Waals surface area contributed by atoms with Crippen LogP contribution in [0.2, 0.25) is 0 Å². The second kappa shape index (κ2) is 6.62. The highest BCUT2D eigenvalue weighted by Crippen LogP contribution is 2.19. The van der Waals surface area contributed by atoms with Crippen LogP contribution in [-0.4, -0.2) is 26.2 Å². The Kier molecular flexibility index (Phi) is 4.83. The predicted molar refractivity (Wildman–Crippen MR) is 71.3 cm³/mol. The number of nitrogens with one attached hydrogen (secondary N) is 2. The van der Waals surface area contributed by atoms with E-state index in [1.165, 1.54) is 30.5 Å². The monoisotopic (exact) mass is 234 g/mol. The number of methoxy groups -OCH3 is 1. The van der Waals surface area contributed by atoms with Crippen molar-refractivity contribution in [2.24, 2.45) is 0 Å². The van der Waals surface area contributed by atoms with E-state index in [0.717, 1.165) is 13.1 Å². The lowest BCUT2D eigenvalue weighted by Crippen LogP contribution is -2.22. The van der Waals surface area contributed by atoms with Gasteiger partial charge < -0.3 is 15.4 Å². The van der Waals surface area contributed by atoms with Crippen molar-refractivity contribution in [1.29, 1.82) is 0 Å². The van der Waals surface area contributed by atoms with Crippen LogP contribution < -0.4 is 10.6 Å². The molecule has 0 saturated carbocycles. The summed E-state index contributed by atoms with van der Waals surface area (Å²) in [4.78, 5) is 0. The molecule has 0 aliphatic carbocycles. The van der Waals surface area contributed by atoms with Crippen LogP contribution in [-0.2, 0) is 11.3 Å². The molecule has 1 atom stereocenters. The molecule has 17 heavy (non-hydrogen) atoms. The highest BCUT2D eigenvalue weighted by atomic mass is 16.5. The molecule has 0 bridgehead atoms. The van der Waals surface area contributed by atoms with E-state index in [-0.39, 0.29) is 0 Å². The standard InChI is InChI=1S/C14H22N2O/c1-17-11-12-5-2-3-7-14(12)16-13-6-4-9-15-10-8-13/h2-3,5,7,13,15-16H,4,6,8-11H2,1H3. The minimum atomic E-state index is 0.586. The first-order valence-corrected chi connectivity index (χ1v) is 6.44. The van der Waals surface area contributed by atoms with E-state index in [2.05, 4.69) is 34.9 Å². The third kappa shape index (κ3) is 3.72.